The lowest BCUT2D eigenvalue weighted by Crippen LogP contribution is -2.05. The first-order valence-electron chi connectivity index (χ1n) is 7.60. The molecule has 0 radical (unpaired) electrons. The fourth-order valence-corrected chi connectivity index (χ4v) is 2.78. The van der Waals surface area contributed by atoms with Crippen LogP contribution in [0.1, 0.15) is 18.4 Å². The quantitative estimate of drug-likeness (QED) is 0.680. The van der Waals surface area contributed by atoms with Crippen molar-refractivity contribution in [2.45, 2.75) is 12.8 Å². The second kappa shape index (κ2) is 5.26. The van der Waals surface area contributed by atoms with E-state index in [-0.39, 0.29) is 0 Å². The molecule has 4 rings (SSSR count). The third-order valence-corrected chi connectivity index (χ3v) is 4.14. The van der Waals surface area contributed by atoms with Gasteiger partial charge in [0.25, 0.3) is 0 Å². The Bertz CT molecular complexity index is 845. The van der Waals surface area contributed by atoms with Crippen LogP contribution in [0.5, 0.6) is 0 Å². The minimum atomic E-state index is 0.439. The Labute approximate surface area is 129 Å². The Morgan fingerprint density at radius 3 is 2.59 bits per heavy atom. The van der Waals surface area contributed by atoms with E-state index in [1.54, 1.807) is 0 Å². The third kappa shape index (κ3) is 2.35. The molecule has 0 aliphatic heterocycles. The van der Waals surface area contributed by atoms with Crippen LogP contribution in [0, 0.1) is 11.3 Å². The fraction of sp³-hybridized carbons (Fsp3) is 0.158. The monoisotopic (exact) mass is 287 g/mol. The Balaban J connectivity index is 1.75. The molecule has 0 unspecified atom stereocenters. The van der Waals surface area contributed by atoms with Gasteiger partial charge in [-0.3, -0.25) is 4.98 Å². The van der Waals surface area contributed by atoms with Crippen molar-refractivity contribution in [3.8, 4) is 0 Å². The maximum atomic E-state index is 8.36. The lowest BCUT2D eigenvalue weighted by molar-refractivity contribution is 1.16. The summed E-state index contributed by atoms with van der Waals surface area (Å²) in [4.78, 5) is 4.31. The molecule has 0 atom stereocenters. The molecule has 3 heteroatoms. The summed E-state index contributed by atoms with van der Waals surface area (Å²) in [5, 5.41) is 14.1. The molecule has 0 spiro atoms. The molecule has 108 valence electrons. The molecule has 1 aliphatic carbocycles. The van der Waals surface area contributed by atoms with Crippen molar-refractivity contribution < 1.29 is 0 Å². The molecule has 3 aromatic rings. The maximum absolute atomic E-state index is 8.36. The molecule has 22 heavy (non-hydrogen) atoms. The number of fused-ring (bicyclic) bond motifs is 1. The van der Waals surface area contributed by atoms with Gasteiger partial charge in [-0.2, -0.15) is 0 Å². The molecular formula is C19H17N3. The van der Waals surface area contributed by atoms with Crippen LogP contribution >= 0.6 is 0 Å². The number of rotatable bonds is 4. The van der Waals surface area contributed by atoms with Crippen LogP contribution in [-0.4, -0.2) is 10.7 Å². The molecule has 0 saturated heterocycles. The van der Waals surface area contributed by atoms with Crippen LogP contribution < -0.4 is 5.32 Å². The van der Waals surface area contributed by atoms with Gasteiger partial charge >= 0.3 is 0 Å². The molecule has 1 aromatic heterocycles. The van der Waals surface area contributed by atoms with E-state index in [1.165, 1.54) is 0 Å². The summed E-state index contributed by atoms with van der Waals surface area (Å²) in [6, 6.07) is 16.3. The maximum Gasteiger partial charge on any atom is 0.0650 e. The predicted octanol–water partition coefficient (Wildman–Crippen LogP) is 4.76. The first-order valence-corrected chi connectivity index (χ1v) is 7.60. The van der Waals surface area contributed by atoms with Crippen molar-refractivity contribution in [3.05, 3.63) is 66.5 Å². The van der Waals surface area contributed by atoms with E-state index in [0.717, 1.165) is 46.3 Å². The zero-order valence-electron chi connectivity index (χ0n) is 12.2. The number of benzene rings is 2. The first-order chi connectivity index (χ1) is 10.8. The van der Waals surface area contributed by atoms with Crippen molar-refractivity contribution in [3.63, 3.8) is 0 Å². The largest absolute Gasteiger partial charge is 0.353 e. The number of nitrogens with one attached hydrogen (secondary N) is 2. The van der Waals surface area contributed by atoms with Crippen LogP contribution in [0.3, 0.4) is 0 Å². The smallest absolute Gasteiger partial charge is 0.0650 e. The highest BCUT2D eigenvalue weighted by Gasteiger charge is 2.28. The lowest BCUT2D eigenvalue weighted by atomic mass is 10.0. The molecule has 2 N–H and O–H groups in total. The van der Waals surface area contributed by atoms with Gasteiger partial charge in [0, 0.05) is 39.8 Å². The van der Waals surface area contributed by atoms with Crippen LogP contribution in [0.2, 0.25) is 0 Å². The molecule has 2 aromatic carbocycles. The molecule has 3 nitrogen and oxygen atoms in total. The Kier molecular flexibility index (Phi) is 3.11. The Morgan fingerprint density at radius 1 is 0.955 bits per heavy atom. The van der Waals surface area contributed by atoms with Crippen LogP contribution in [0.4, 0.5) is 11.4 Å². The number of hydrogen-bond donors (Lipinski definition) is 2. The molecule has 1 fully saturated rings. The molecular weight excluding hydrogens is 270 g/mol. The summed E-state index contributed by atoms with van der Waals surface area (Å²) in [5.74, 6) is 0.439. The van der Waals surface area contributed by atoms with Gasteiger partial charge in [0.2, 0.25) is 0 Å². The standard InChI is InChI=1S/C19H17N3/c20-19(13-9-10-13)16-7-3-4-8-17(16)22-18-12-21-11-14-5-1-2-6-15(14)18/h1-8,11-13,20,22H,9-10H2. The summed E-state index contributed by atoms with van der Waals surface area (Å²) in [7, 11) is 0. The Hall–Kier alpha value is -2.68. The van der Waals surface area contributed by atoms with Gasteiger partial charge in [0.05, 0.1) is 11.9 Å². The minimum absolute atomic E-state index is 0.439. The Morgan fingerprint density at radius 2 is 1.73 bits per heavy atom. The van der Waals surface area contributed by atoms with Gasteiger partial charge in [-0.05, 0) is 18.9 Å². The van der Waals surface area contributed by atoms with Crippen molar-refractivity contribution >= 4 is 27.9 Å². The van der Waals surface area contributed by atoms with Crippen LogP contribution in [0.25, 0.3) is 10.8 Å². The average molecular weight is 287 g/mol. The highest BCUT2D eigenvalue weighted by Crippen LogP contribution is 2.35. The SMILES string of the molecule is N=C(c1ccccc1Nc1cncc2ccccc12)C1CC1. The number of hydrogen-bond acceptors (Lipinski definition) is 3. The minimum Gasteiger partial charge on any atom is -0.353 e. The van der Waals surface area contributed by atoms with Gasteiger partial charge < -0.3 is 10.7 Å². The summed E-state index contributed by atoms with van der Waals surface area (Å²) in [5.41, 5.74) is 3.71. The van der Waals surface area contributed by atoms with Crippen LogP contribution in [0.15, 0.2) is 60.9 Å². The first kappa shape index (κ1) is 13.0. The van der Waals surface area contributed by atoms with Gasteiger partial charge in [0.1, 0.15) is 0 Å². The molecule has 0 bridgehead atoms. The van der Waals surface area contributed by atoms with Crippen molar-refractivity contribution in [2.24, 2.45) is 5.92 Å². The van der Waals surface area contributed by atoms with E-state index in [4.69, 9.17) is 5.41 Å². The fourth-order valence-electron chi connectivity index (χ4n) is 2.78. The van der Waals surface area contributed by atoms with Crippen LogP contribution in [-0.2, 0) is 0 Å². The number of aromatic nitrogens is 1. The average Bonchev–Trinajstić information content (AvgIpc) is 3.40. The summed E-state index contributed by atoms with van der Waals surface area (Å²) in [6.45, 7) is 0. The zero-order chi connectivity index (χ0) is 14.9. The van der Waals surface area contributed by atoms with Crippen molar-refractivity contribution in [1.29, 1.82) is 5.41 Å². The van der Waals surface area contributed by atoms with E-state index in [0.29, 0.717) is 5.92 Å². The number of pyridine rings is 1. The molecule has 1 saturated carbocycles. The van der Waals surface area contributed by atoms with E-state index in [2.05, 4.69) is 22.4 Å². The normalized spacial score (nSPS) is 14.0. The van der Waals surface area contributed by atoms with E-state index in [9.17, 15) is 0 Å². The highest BCUT2D eigenvalue weighted by atomic mass is 14.9. The zero-order valence-corrected chi connectivity index (χ0v) is 12.2. The van der Waals surface area contributed by atoms with Crippen molar-refractivity contribution in [2.75, 3.05) is 5.32 Å². The van der Waals surface area contributed by atoms with Gasteiger partial charge in [-0.25, -0.2) is 0 Å². The number of para-hydroxylation sites is 1. The van der Waals surface area contributed by atoms with Gasteiger partial charge in [0.15, 0.2) is 0 Å². The molecule has 0 amide bonds. The molecule has 1 aliphatic rings. The number of anilines is 2. The van der Waals surface area contributed by atoms with E-state index >= 15 is 0 Å². The number of nitrogens with zero attached hydrogens (tertiary/aromatic N) is 1. The van der Waals surface area contributed by atoms with Gasteiger partial charge in [-0.15, -0.1) is 0 Å². The van der Waals surface area contributed by atoms with Gasteiger partial charge in [-0.1, -0.05) is 42.5 Å². The third-order valence-electron chi connectivity index (χ3n) is 4.14. The summed E-state index contributed by atoms with van der Waals surface area (Å²) in [6.07, 6.45) is 6.00. The molecule has 1 heterocycles. The second-order valence-electron chi connectivity index (χ2n) is 5.77. The predicted molar refractivity (Wildman–Crippen MR) is 91.0 cm³/mol. The lowest BCUT2D eigenvalue weighted by Gasteiger charge is -2.14. The summed E-state index contributed by atoms with van der Waals surface area (Å²) >= 11 is 0. The van der Waals surface area contributed by atoms with E-state index in [1.807, 2.05) is 48.8 Å². The van der Waals surface area contributed by atoms with Crippen molar-refractivity contribution in [1.82, 2.24) is 4.98 Å². The second-order valence-corrected chi connectivity index (χ2v) is 5.77. The highest BCUT2D eigenvalue weighted by molar-refractivity contribution is 6.07. The summed E-state index contributed by atoms with van der Waals surface area (Å²) < 4.78 is 0. The van der Waals surface area contributed by atoms with E-state index < -0.39 is 0 Å². The topological polar surface area (TPSA) is 48.8 Å².